The van der Waals surface area contributed by atoms with Crippen molar-refractivity contribution in [3.63, 3.8) is 0 Å². The molecule has 0 aliphatic heterocycles. The maximum absolute atomic E-state index is 12.1. The highest BCUT2D eigenvalue weighted by Gasteiger charge is 2.16. The summed E-state index contributed by atoms with van der Waals surface area (Å²) in [5.41, 5.74) is 3.00. The maximum atomic E-state index is 12.1. The molecular formula is C21H27NO2. The van der Waals surface area contributed by atoms with E-state index in [1.165, 1.54) is 24.8 Å². The molecule has 0 amide bonds. The van der Waals surface area contributed by atoms with Gasteiger partial charge in [0.15, 0.2) is 0 Å². The topological polar surface area (TPSA) is 39.2 Å². The van der Waals surface area contributed by atoms with Gasteiger partial charge >= 0.3 is 5.97 Å². The number of benzene rings is 1. The summed E-state index contributed by atoms with van der Waals surface area (Å²) >= 11 is 0. The van der Waals surface area contributed by atoms with Gasteiger partial charge in [0.2, 0.25) is 0 Å². The van der Waals surface area contributed by atoms with Crippen LogP contribution < -0.4 is 4.74 Å². The monoisotopic (exact) mass is 325 g/mol. The lowest BCUT2D eigenvalue weighted by Crippen LogP contribution is -2.17. The average Bonchev–Trinajstić information content (AvgIpc) is 2.62. The van der Waals surface area contributed by atoms with Gasteiger partial charge in [0.25, 0.3) is 0 Å². The molecule has 0 saturated heterocycles. The Labute approximate surface area is 145 Å². The van der Waals surface area contributed by atoms with Gasteiger partial charge in [-0.25, -0.2) is 0 Å². The fourth-order valence-corrected chi connectivity index (χ4v) is 2.50. The number of pyridine rings is 1. The number of rotatable bonds is 8. The SMILES string of the molecule is CCCCCc1ccnc(-c2ccccc2OC(=O)C(C)CC)c1. The van der Waals surface area contributed by atoms with E-state index in [1.54, 1.807) is 0 Å². The van der Waals surface area contributed by atoms with Gasteiger partial charge in [-0.1, -0.05) is 45.7 Å². The smallest absolute Gasteiger partial charge is 0.314 e. The molecule has 0 N–H and O–H groups in total. The lowest BCUT2D eigenvalue weighted by atomic mass is 10.0. The van der Waals surface area contributed by atoms with Crippen molar-refractivity contribution < 1.29 is 9.53 Å². The van der Waals surface area contributed by atoms with Crippen LogP contribution >= 0.6 is 0 Å². The fourth-order valence-electron chi connectivity index (χ4n) is 2.50. The van der Waals surface area contributed by atoms with Crippen molar-refractivity contribution in [1.82, 2.24) is 4.98 Å². The van der Waals surface area contributed by atoms with Gasteiger partial charge in [0.05, 0.1) is 11.6 Å². The minimum Gasteiger partial charge on any atom is -0.426 e. The van der Waals surface area contributed by atoms with E-state index in [1.807, 2.05) is 44.3 Å². The molecule has 0 saturated carbocycles. The van der Waals surface area contributed by atoms with Crippen LogP contribution in [0.25, 0.3) is 11.3 Å². The van der Waals surface area contributed by atoms with Gasteiger partial charge in [-0.05, 0) is 49.1 Å². The second kappa shape index (κ2) is 9.21. The third-order valence-corrected chi connectivity index (χ3v) is 4.28. The molecule has 1 aromatic carbocycles. The molecule has 3 heteroatoms. The Kier molecular flexibility index (Phi) is 6.98. The van der Waals surface area contributed by atoms with Gasteiger partial charge in [-0.2, -0.15) is 0 Å². The molecule has 0 bridgehead atoms. The number of hydrogen-bond donors (Lipinski definition) is 0. The highest BCUT2D eigenvalue weighted by atomic mass is 16.5. The number of aromatic nitrogens is 1. The van der Waals surface area contributed by atoms with E-state index in [4.69, 9.17) is 4.74 Å². The number of unbranched alkanes of at least 4 members (excludes halogenated alkanes) is 2. The molecule has 128 valence electrons. The number of ether oxygens (including phenoxy) is 1. The number of carbonyl (C=O) groups is 1. The summed E-state index contributed by atoms with van der Waals surface area (Å²) in [6.07, 6.45) is 7.30. The standard InChI is InChI=1S/C21H27NO2/c1-4-6-7-10-17-13-14-22-19(15-17)18-11-8-9-12-20(18)24-21(23)16(3)5-2/h8-9,11-16H,4-7,10H2,1-3H3. The van der Waals surface area contributed by atoms with E-state index < -0.39 is 0 Å². The zero-order valence-electron chi connectivity index (χ0n) is 14.9. The molecule has 0 aliphatic rings. The van der Waals surface area contributed by atoms with E-state index in [0.717, 1.165) is 24.1 Å². The molecule has 1 heterocycles. The van der Waals surface area contributed by atoms with Crippen molar-refractivity contribution in [2.45, 2.75) is 52.9 Å². The second-order valence-corrected chi connectivity index (χ2v) is 6.23. The summed E-state index contributed by atoms with van der Waals surface area (Å²) < 4.78 is 5.61. The number of esters is 1. The van der Waals surface area contributed by atoms with Crippen LogP contribution in [0.4, 0.5) is 0 Å². The molecule has 1 aromatic heterocycles. The van der Waals surface area contributed by atoms with E-state index in [9.17, 15) is 4.79 Å². The maximum Gasteiger partial charge on any atom is 0.314 e. The van der Waals surface area contributed by atoms with Gasteiger partial charge < -0.3 is 4.74 Å². The fraction of sp³-hybridized carbons (Fsp3) is 0.429. The van der Waals surface area contributed by atoms with Crippen molar-refractivity contribution in [2.75, 3.05) is 0 Å². The predicted octanol–water partition coefficient (Wildman–Crippen LogP) is 5.43. The summed E-state index contributed by atoms with van der Waals surface area (Å²) in [6, 6.07) is 11.8. The first-order valence-electron chi connectivity index (χ1n) is 8.91. The van der Waals surface area contributed by atoms with E-state index in [2.05, 4.69) is 24.0 Å². The second-order valence-electron chi connectivity index (χ2n) is 6.23. The van der Waals surface area contributed by atoms with Crippen LogP contribution in [0.2, 0.25) is 0 Å². The quantitative estimate of drug-likeness (QED) is 0.369. The Morgan fingerprint density at radius 2 is 1.96 bits per heavy atom. The number of hydrogen-bond acceptors (Lipinski definition) is 3. The van der Waals surface area contributed by atoms with Gasteiger partial charge in [-0.15, -0.1) is 0 Å². The zero-order valence-corrected chi connectivity index (χ0v) is 14.9. The Bertz CT molecular complexity index is 666. The highest BCUT2D eigenvalue weighted by molar-refractivity contribution is 5.78. The molecule has 0 aliphatic carbocycles. The number of para-hydroxylation sites is 1. The molecule has 1 unspecified atom stereocenters. The third-order valence-electron chi connectivity index (χ3n) is 4.28. The van der Waals surface area contributed by atoms with Crippen molar-refractivity contribution in [3.8, 4) is 17.0 Å². The molecule has 1 atom stereocenters. The Morgan fingerprint density at radius 3 is 2.71 bits per heavy atom. The Hall–Kier alpha value is -2.16. The van der Waals surface area contributed by atoms with Crippen LogP contribution in [0.5, 0.6) is 5.75 Å². The van der Waals surface area contributed by atoms with Crippen LogP contribution in [-0.2, 0) is 11.2 Å². The lowest BCUT2D eigenvalue weighted by Gasteiger charge is -2.13. The first kappa shape index (κ1) is 18.2. The van der Waals surface area contributed by atoms with Crippen molar-refractivity contribution >= 4 is 5.97 Å². The van der Waals surface area contributed by atoms with Gasteiger partial charge in [0, 0.05) is 11.8 Å². The summed E-state index contributed by atoms with van der Waals surface area (Å²) in [5.74, 6) is 0.288. The molecule has 2 aromatic rings. The molecule has 3 nitrogen and oxygen atoms in total. The molecule has 0 fully saturated rings. The summed E-state index contributed by atoms with van der Waals surface area (Å²) in [6.45, 7) is 6.08. The first-order chi connectivity index (χ1) is 11.7. The minimum absolute atomic E-state index is 0.105. The largest absolute Gasteiger partial charge is 0.426 e. The van der Waals surface area contributed by atoms with Crippen LogP contribution in [0, 0.1) is 5.92 Å². The summed E-state index contributed by atoms with van der Waals surface area (Å²) in [5, 5.41) is 0. The van der Waals surface area contributed by atoms with Crippen LogP contribution in [-0.4, -0.2) is 11.0 Å². The molecule has 2 rings (SSSR count). The first-order valence-corrected chi connectivity index (χ1v) is 8.91. The Morgan fingerprint density at radius 1 is 1.17 bits per heavy atom. The van der Waals surface area contributed by atoms with Crippen LogP contribution in [0.3, 0.4) is 0 Å². The van der Waals surface area contributed by atoms with Crippen molar-refractivity contribution in [3.05, 3.63) is 48.2 Å². The van der Waals surface area contributed by atoms with Crippen molar-refractivity contribution in [1.29, 1.82) is 0 Å². The lowest BCUT2D eigenvalue weighted by molar-refractivity contribution is -0.138. The highest BCUT2D eigenvalue weighted by Crippen LogP contribution is 2.29. The zero-order chi connectivity index (χ0) is 17.4. The Balaban J connectivity index is 2.22. The van der Waals surface area contributed by atoms with Crippen LogP contribution in [0.15, 0.2) is 42.6 Å². The third kappa shape index (κ3) is 4.92. The normalized spacial score (nSPS) is 12.0. The minimum atomic E-state index is -0.191. The van der Waals surface area contributed by atoms with E-state index >= 15 is 0 Å². The van der Waals surface area contributed by atoms with E-state index in [-0.39, 0.29) is 11.9 Å². The number of carbonyl (C=O) groups excluding carboxylic acids is 1. The molecule has 0 radical (unpaired) electrons. The van der Waals surface area contributed by atoms with Gasteiger partial charge in [0.1, 0.15) is 5.75 Å². The molecule has 0 spiro atoms. The van der Waals surface area contributed by atoms with E-state index in [0.29, 0.717) is 5.75 Å². The average molecular weight is 325 g/mol. The van der Waals surface area contributed by atoms with Crippen molar-refractivity contribution in [2.24, 2.45) is 5.92 Å². The predicted molar refractivity (Wildman–Crippen MR) is 98.0 cm³/mol. The summed E-state index contributed by atoms with van der Waals surface area (Å²) in [7, 11) is 0. The summed E-state index contributed by atoms with van der Waals surface area (Å²) in [4.78, 5) is 16.6. The molecular weight excluding hydrogens is 298 g/mol. The number of aryl methyl sites for hydroxylation is 1. The van der Waals surface area contributed by atoms with Crippen LogP contribution in [0.1, 0.15) is 52.0 Å². The number of nitrogens with zero attached hydrogens (tertiary/aromatic N) is 1. The molecule has 24 heavy (non-hydrogen) atoms. The van der Waals surface area contributed by atoms with Gasteiger partial charge in [-0.3, -0.25) is 9.78 Å².